The molecule has 1 unspecified atom stereocenters. The number of hydrogen-bond acceptors (Lipinski definition) is 5. The minimum absolute atomic E-state index is 0.0902. The van der Waals surface area contributed by atoms with E-state index in [0.29, 0.717) is 16.8 Å². The van der Waals surface area contributed by atoms with E-state index in [0.717, 1.165) is 5.56 Å². The van der Waals surface area contributed by atoms with Gasteiger partial charge in [0.25, 0.3) is 5.91 Å². The summed E-state index contributed by atoms with van der Waals surface area (Å²) in [4.78, 5) is 39.3. The third-order valence-electron chi connectivity index (χ3n) is 4.75. The predicted molar refractivity (Wildman–Crippen MR) is 122 cm³/mol. The Morgan fingerprint density at radius 1 is 1.06 bits per heavy atom. The van der Waals surface area contributed by atoms with Crippen LogP contribution in [-0.2, 0) is 14.3 Å². The van der Waals surface area contributed by atoms with E-state index in [2.05, 4.69) is 10.6 Å². The number of ether oxygens (including phenoxy) is 1. The molecule has 0 aromatic heterocycles. The lowest BCUT2D eigenvalue weighted by Gasteiger charge is -2.28. The number of carbonyl (C=O) groups is 3. The number of aromatic hydroxyl groups is 1. The number of rotatable bonds is 6. The minimum Gasteiger partial charge on any atom is -0.508 e. The molecule has 0 radical (unpaired) electrons. The highest BCUT2D eigenvalue weighted by molar-refractivity contribution is 5.98. The third-order valence-corrected chi connectivity index (χ3v) is 4.75. The summed E-state index contributed by atoms with van der Waals surface area (Å²) in [6.45, 7) is 8.41. The van der Waals surface area contributed by atoms with Gasteiger partial charge in [0.05, 0.1) is 0 Å². The Morgan fingerprint density at radius 3 is 2.31 bits per heavy atom. The zero-order chi connectivity index (χ0) is 24.1. The highest BCUT2D eigenvalue weighted by atomic mass is 16.6. The van der Waals surface area contributed by atoms with Gasteiger partial charge in [-0.2, -0.15) is 0 Å². The topological polar surface area (TPSA) is 108 Å². The predicted octanol–water partition coefficient (Wildman–Crippen LogP) is 3.67. The van der Waals surface area contributed by atoms with Crippen molar-refractivity contribution in [3.8, 4) is 5.75 Å². The highest BCUT2D eigenvalue weighted by Gasteiger charge is 2.30. The van der Waals surface area contributed by atoms with Crippen molar-refractivity contribution in [2.24, 2.45) is 0 Å². The van der Waals surface area contributed by atoms with Crippen LogP contribution in [0, 0.1) is 13.8 Å². The first kappa shape index (κ1) is 24.7. The maximum atomic E-state index is 13.3. The van der Waals surface area contributed by atoms with Crippen LogP contribution in [0.2, 0.25) is 0 Å². The number of carbonyl (C=O) groups excluding carboxylic acids is 3. The van der Waals surface area contributed by atoms with Crippen LogP contribution in [0.3, 0.4) is 0 Å². The zero-order valence-corrected chi connectivity index (χ0v) is 19.4. The molecule has 2 rings (SSSR count). The monoisotopic (exact) mass is 441 g/mol. The fourth-order valence-corrected chi connectivity index (χ4v) is 3.04. The number of likely N-dealkylation sites (N-methyl/N-ethyl adjacent to an activating group) is 1. The molecular formula is C24H31N3O5. The largest absolute Gasteiger partial charge is 0.508 e. The zero-order valence-electron chi connectivity index (χ0n) is 19.4. The van der Waals surface area contributed by atoms with E-state index < -0.39 is 29.6 Å². The normalized spacial score (nSPS) is 11.9. The summed E-state index contributed by atoms with van der Waals surface area (Å²) in [5.74, 6) is -0.809. The smallest absolute Gasteiger partial charge is 0.408 e. The molecule has 0 aliphatic rings. The maximum absolute atomic E-state index is 13.3. The van der Waals surface area contributed by atoms with Gasteiger partial charge >= 0.3 is 6.09 Å². The lowest BCUT2D eigenvalue weighted by Crippen LogP contribution is -2.44. The average molecular weight is 442 g/mol. The van der Waals surface area contributed by atoms with Gasteiger partial charge in [-0.1, -0.05) is 24.3 Å². The van der Waals surface area contributed by atoms with Crippen molar-refractivity contribution in [1.29, 1.82) is 0 Å². The lowest BCUT2D eigenvalue weighted by atomic mass is 10.0. The standard InChI is InChI=1S/C24H31N3O5/c1-15-9-7-8-10-18(15)26-22(30)21(17-11-12-19(28)16(2)13-17)27(6)20(29)14-25-23(31)32-24(3,4)5/h7-13,21,28H,14H2,1-6H3,(H,25,31)(H,26,30). The van der Waals surface area contributed by atoms with Crippen LogP contribution in [0.4, 0.5) is 10.5 Å². The van der Waals surface area contributed by atoms with Crippen molar-refractivity contribution >= 4 is 23.6 Å². The number of alkyl carbamates (subject to hydrolysis) is 1. The molecule has 3 amide bonds. The second-order valence-electron chi connectivity index (χ2n) is 8.61. The molecule has 0 fully saturated rings. The number of phenolic OH excluding ortho intramolecular Hbond substituents is 1. The number of benzene rings is 2. The summed E-state index contributed by atoms with van der Waals surface area (Å²) in [5.41, 5.74) is 1.91. The van der Waals surface area contributed by atoms with Crippen molar-refractivity contribution in [2.45, 2.75) is 46.3 Å². The molecule has 3 N–H and O–H groups in total. The molecular weight excluding hydrogens is 410 g/mol. The molecule has 0 saturated carbocycles. The summed E-state index contributed by atoms with van der Waals surface area (Å²) < 4.78 is 5.15. The van der Waals surface area contributed by atoms with E-state index in [-0.39, 0.29) is 12.3 Å². The first-order chi connectivity index (χ1) is 14.9. The molecule has 172 valence electrons. The van der Waals surface area contributed by atoms with Gasteiger partial charge < -0.3 is 25.4 Å². The van der Waals surface area contributed by atoms with Crippen molar-refractivity contribution in [3.05, 3.63) is 59.2 Å². The highest BCUT2D eigenvalue weighted by Crippen LogP contribution is 2.27. The van der Waals surface area contributed by atoms with Gasteiger partial charge in [0, 0.05) is 12.7 Å². The Labute approximate surface area is 188 Å². The van der Waals surface area contributed by atoms with Gasteiger partial charge in [0.1, 0.15) is 23.9 Å². The number of nitrogens with zero attached hydrogens (tertiary/aromatic N) is 1. The van der Waals surface area contributed by atoms with Crippen LogP contribution in [0.15, 0.2) is 42.5 Å². The number of anilines is 1. The van der Waals surface area contributed by atoms with Crippen LogP contribution in [0.5, 0.6) is 5.75 Å². The Morgan fingerprint density at radius 2 is 1.72 bits per heavy atom. The van der Waals surface area contributed by atoms with Crippen LogP contribution >= 0.6 is 0 Å². The number of hydrogen-bond donors (Lipinski definition) is 3. The van der Waals surface area contributed by atoms with E-state index in [1.807, 2.05) is 25.1 Å². The molecule has 32 heavy (non-hydrogen) atoms. The molecule has 0 spiro atoms. The quantitative estimate of drug-likeness (QED) is 0.634. The summed E-state index contributed by atoms with van der Waals surface area (Å²) in [7, 11) is 1.49. The Balaban J connectivity index is 2.26. The Hall–Kier alpha value is -3.55. The molecule has 2 aromatic rings. The molecule has 8 heteroatoms. The lowest BCUT2D eigenvalue weighted by molar-refractivity contribution is -0.136. The Bertz CT molecular complexity index is 997. The molecule has 1 atom stereocenters. The molecule has 0 bridgehead atoms. The van der Waals surface area contributed by atoms with Crippen molar-refractivity contribution in [3.63, 3.8) is 0 Å². The number of aryl methyl sites for hydroxylation is 2. The fourth-order valence-electron chi connectivity index (χ4n) is 3.04. The summed E-state index contributed by atoms with van der Waals surface area (Å²) in [6, 6.07) is 11.1. The Kier molecular flexibility index (Phi) is 7.86. The van der Waals surface area contributed by atoms with Gasteiger partial charge in [-0.05, 0) is 69.5 Å². The van der Waals surface area contributed by atoms with Gasteiger partial charge in [-0.15, -0.1) is 0 Å². The number of phenols is 1. The van der Waals surface area contributed by atoms with Crippen LogP contribution in [0.1, 0.15) is 43.5 Å². The summed E-state index contributed by atoms with van der Waals surface area (Å²) in [6.07, 6.45) is -0.722. The third kappa shape index (κ3) is 6.73. The van der Waals surface area contributed by atoms with E-state index >= 15 is 0 Å². The first-order valence-electron chi connectivity index (χ1n) is 10.3. The molecule has 0 heterocycles. The fraction of sp³-hybridized carbons (Fsp3) is 0.375. The van der Waals surface area contributed by atoms with Gasteiger partial charge in [-0.3, -0.25) is 9.59 Å². The average Bonchev–Trinajstić information content (AvgIpc) is 2.69. The van der Waals surface area contributed by atoms with E-state index in [4.69, 9.17) is 4.74 Å². The summed E-state index contributed by atoms with van der Waals surface area (Å²) >= 11 is 0. The second kappa shape index (κ2) is 10.2. The number of para-hydroxylation sites is 1. The molecule has 0 saturated heterocycles. The number of amides is 3. The van der Waals surface area contributed by atoms with Crippen molar-refractivity contribution in [2.75, 3.05) is 18.9 Å². The van der Waals surface area contributed by atoms with Crippen LogP contribution in [-0.4, -0.2) is 47.1 Å². The first-order valence-corrected chi connectivity index (χ1v) is 10.3. The second-order valence-corrected chi connectivity index (χ2v) is 8.61. The molecule has 0 aliphatic carbocycles. The number of nitrogens with one attached hydrogen (secondary N) is 2. The van der Waals surface area contributed by atoms with Gasteiger partial charge in [0.2, 0.25) is 5.91 Å². The van der Waals surface area contributed by atoms with E-state index in [9.17, 15) is 19.5 Å². The minimum atomic E-state index is -0.984. The van der Waals surface area contributed by atoms with Crippen molar-refractivity contribution < 1.29 is 24.2 Å². The SMILES string of the molecule is Cc1cc(C(C(=O)Nc2ccccc2C)N(C)C(=O)CNC(=O)OC(C)(C)C)ccc1O. The maximum Gasteiger partial charge on any atom is 0.408 e. The van der Waals surface area contributed by atoms with E-state index in [1.165, 1.54) is 18.0 Å². The van der Waals surface area contributed by atoms with Gasteiger partial charge in [0.15, 0.2) is 0 Å². The van der Waals surface area contributed by atoms with Gasteiger partial charge in [-0.25, -0.2) is 4.79 Å². The van der Waals surface area contributed by atoms with E-state index in [1.54, 1.807) is 45.9 Å². The molecule has 2 aromatic carbocycles. The van der Waals surface area contributed by atoms with Crippen LogP contribution in [0.25, 0.3) is 0 Å². The summed E-state index contributed by atoms with van der Waals surface area (Å²) in [5, 5.41) is 15.2. The van der Waals surface area contributed by atoms with Crippen LogP contribution < -0.4 is 10.6 Å². The molecule has 0 aliphatic heterocycles. The molecule has 8 nitrogen and oxygen atoms in total. The van der Waals surface area contributed by atoms with Crippen molar-refractivity contribution in [1.82, 2.24) is 10.2 Å².